The summed E-state index contributed by atoms with van der Waals surface area (Å²) in [7, 11) is 1.28. The van der Waals surface area contributed by atoms with E-state index in [0.717, 1.165) is 0 Å². The number of nitrogens with zero attached hydrogens (tertiary/aromatic N) is 1. The maximum Gasteiger partial charge on any atom is 0.315 e. The van der Waals surface area contributed by atoms with Gasteiger partial charge in [-0.3, -0.25) is 14.9 Å². The SMILES string of the molecule is COc1cc(C=C2C(=O)Nc3ccc(Cl)cc32)cc([N+](=O)[O-])c1O. The minimum atomic E-state index is -0.723. The van der Waals surface area contributed by atoms with Crippen molar-refractivity contribution in [2.24, 2.45) is 0 Å². The number of methoxy groups -OCH3 is 1. The van der Waals surface area contributed by atoms with E-state index in [9.17, 15) is 20.0 Å². The molecule has 0 radical (unpaired) electrons. The average Bonchev–Trinajstić information content (AvgIpc) is 2.84. The summed E-state index contributed by atoms with van der Waals surface area (Å²) in [5, 5.41) is 24.0. The summed E-state index contributed by atoms with van der Waals surface area (Å²) < 4.78 is 4.95. The molecule has 7 nitrogen and oxygen atoms in total. The molecule has 0 unspecified atom stereocenters. The van der Waals surface area contributed by atoms with Crippen LogP contribution in [0.25, 0.3) is 11.6 Å². The van der Waals surface area contributed by atoms with Crippen molar-refractivity contribution in [3.05, 3.63) is 56.6 Å². The molecule has 0 fully saturated rings. The highest BCUT2D eigenvalue weighted by Gasteiger charge is 2.25. The Hall–Kier alpha value is -3.06. The minimum Gasteiger partial charge on any atom is -0.500 e. The van der Waals surface area contributed by atoms with Gasteiger partial charge in [0.05, 0.1) is 12.0 Å². The first-order valence-electron chi connectivity index (χ1n) is 6.79. The Kier molecular flexibility index (Phi) is 3.86. The number of carbonyl (C=O) groups excluding carboxylic acids is 1. The van der Waals surface area contributed by atoms with Crippen LogP contribution in [0.5, 0.6) is 11.5 Å². The first-order valence-corrected chi connectivity index (χ1v) is 7.17. The topological polar surface area (TPSA) is 102 Å². The second kappa shape index (κ2) is 5.86. The molecular formula is C16H11ClN2O5. The summed E-state index contributed by atoms with van der Waals surface area (Å²) in [5.74, 6) is -0.966. The molecule has 0 atom stereocenters. The molecule has 1 amide bonds. The van der Waals surface area contributed by atoms with Crippen LogP contribution >= 0.6 is 11.6 Å². The van der Waals surface area contributed by atoms with Crippen LogP contribution in [0.1, 0.15) is 11.1 Å². The maximum atomic E-state index is 12.2. The number of nitro groups is 1. The van der Waals surface area contributed by atoms with Crippen LogP contribution in [0.15, 0.2) is 30.3 Å². The van der Waals surface area contributed by atoms with Gasteiger partial charge in [-0.05, 0) is 35.9 Å². The first kappa shape index (κ1) is 15.8. The number of hydrogen-bond donors (Lipinski definition) is 2. The van der Waals surface area contributed by atoms with E-state index in [4.69, 9.17) is 16.3 Å². The van der Waals surface area contributed by atoms with Gasteiger partial charge in [-0.1, -0.05) is 11.6 Å². The molecule has 122 valence electrons. The molecule has 2 aromatic carbocycles. The molecule has 3 rings (SSSR count). The lowest BCUT2D eigenvalue weighted by Crippen LogP contribution is -2.03. The molecular weight excluding hydrogens is 336 g/mol. The lowest BCUT2D eigenvalue weighted by Gasteiger charge is -2.06. The van der Waals surface area contributed by atoms with E-state index in [0.29, 0.717) is 27.4 Å². The first-order chi connectivity index (χ1) is 11.4. The van der Waals surface area contributed by atoms with E-state index in [1.165, 1.54) is 25.3 Å². The number of carbonyl (C=O) groups is 1. The van der Waals surface area contributed by atoms with Crippen LogP contribution < -0.4 is 10.1 Å². The molecule has 0 spiro atoms. The number of fused-ring (bicyclic) bond motifs is 1. The monoisotopic (exact) mass is 346 g/mol. The number of rotatable bonds is 3. The Labute approximate surface area is 141 Å². The highest BCUT2D eigenvalue weighted by atomic mass is 35.5. The highest BCUT2D eigenvalue weighted by molar-refractivity contribution is 6.36. The minimum absolute atomic E-state index is 0.0548. The Bertz CT molecular complexity index is 908. The largest absolute Gasteiger partial charge is 0.500 e. The van der Waals surface area contributed by atoms with Gasteiger partial charge in [0.1, 0.15) is 0 Å². The van der Waals surface area contributed by atoms with Crippen molar-refractivity contribution in [3.63, 3.8) is 0 Å². The van der Waals surface area contributed by atoms with Gasteiger partial charge in [0.15, 0.2) is 5.75 Å². The summed E-state index contributed by atoms with van der Waals surface area (Å²) >= 11 is 5.97. The van der Waals surface area contributed by atoms with Crippen molar-refractivity contribution in [2.75, 3.05) is 12.4 Å². The summed E-state index contributed by atoms with van der Waals surface area (Å²) in [4.78, 5) is 22.5. The van der Waals surface area contributed by atoms with Gasteiger partial charge >= 0.3 is 5.69 Å². The summed E-state index contributed by atoms with van der Waals surface area (Å²) in [6, 6.07) is 7.53. The predicted molar refractivity (Wildman–Crippen MR) is 89.3 cm³/mol. The van der Waals surface area contributed by atoms with Gasteiger partial charge < -0.3 is 15.2 Å². The molecule has 2 N–H and O–H groups in total. The number of hydrogen-bond acceptors (Lipinski definition) is 5. The number of anilines is 1. The molecule has 0 saturated heterocycles. The third kappa shape index (κ3) is 2.65. The lowest BCUT2D eigenvalue weighted by molar-refractivity contribution is -0.386. The fourth-order valence-corrected chi connectivity index (χ4v) is 2.63. The van der Waals surface area contributed by atoms with E-state index >= 15 is 0 Å². The molecule has 0 bridgehead atoms. The number of aromatic hydroxyl groups is 1. The molecule has 0 saturated carbocycles. The molecule has 8 heteroatoms. The molecule has 1 aliphatic rings. The summed E-state index contributed by atoms with van der Waals surface area (Å²) in [6.07, 6.45) is 1.48. The number of halogens is 1. The van der Waals surface area contributed by atoms with E-state index in [2.05, 4.69) is 5.32 Å². The normalized spacial score (nSPS) is 14.4. The fourth-order valence-electron chi connectivity index (χ4n) is 2.46. The van der Waals surface area contributed by atoms with Gasteiger partial charge in [0.2, 0.25) is 5.75 Å². The van der Waals surface area contributed by atoms with Gasteiger partial charge in [-0.15, -0.1) is 0 Å². The molecule has 0 aliphatic carbocycles. The number of nitrogens with one attached hydrogen (secondary N) is 1. The maximum absolute atomic E-state index is 12.2. The van der Waals surface area contributed by atoms with E-state index in [1.54, 1.807) is 18.2 Å². The number of benzene rings is 2. The lowest BCUT2D eigenvalue weighted by atomic mass is 10.0. The van der Waals surface area contributed by atoms with Crippen LogP contribution in [-0.4, -0.2) is 23.0 Å². The van der Waals surface area contributed by atoms with E-state index in [-0.39, 0.29) is 11.7 Å². The summed E-state index contributed by atoms with van der Waals surface area (Å²) in [6.45, 7) is 0. The van der Waals surface area contributed by atoms with Crippen LogP contribution in [-0.2, 0) is 4.79 Å². The Morgan fingerprint density at radius 3 is 2.75 bits per heavy atom. The van der Waals surface area contributed by atoms with Gasteiger partial charge in [-0.25, -0.2) is 0 Å². The number of amides is 1. The third-order valence-corrected chi connectivity index (χ3v) is 3.80. The van der Waals surface area contributed by atoms with Gasteiger partial charge in [-0.2, -0.15) is 0 Å². The van der Waals surface area contributed by atoms with Gasteiger partial charge in [0.25, 0.3) is 5.91 Å². The second-order valence-electron chi connectivity index (χ2n) is 5.05. The number of ether oxygens (including phenoxy) is 1. The Morgan fingerprint density at radius 2 is 2.08 bits per heavy atom. The van der Waals surface area contributed by atoms with Crippen LogP contribution in [0.3, 0.4) is 0 Å². The van der Waals surface area contributed by atoms with Crippen molar-refractivity contribution in [1.29, 1.82) is 0 Å². The molecule has 0 aromatic heterocycles. The van der Waals surface area contributed by atoms with Crippen molar-refractivity contribution in [2.45, 2.75) is 0 Å². The third-order valence-electron chi connectivity index (χ3n) is 3.57. The Balaban J connectivity index is 2.16. The van der Waals surface area contributed by atoms with Crippen molar-refractivity contribution in [3.8, 4) is 11.5 Å². The Morgan fingerprint density at radius 1 is 1.33 bits per heavy atom. The number of phenols is 1. The zero-order valence-corrected chi connectivity index (χ0v) is 13.1. The molecule has 24 heavy (non-hydrogen) atoms. The quantitative estimate of drug-likeness (QED) is 0.503. The van der Waals surface area contributed by atoms with E-state index in [1.807, 2.05) is 0 Å². The smallest absolute Gasteiger partial charge is 0.315 e. The summed E-state index contributed by atoms with van der Waals surface area (Å²) in [5.41, 5.74) is 1.35. The van der Waals surface area contributed by atoms with E-state index < -0.39 is 16.4 Å². The average molecular weight is 347 g/mol. The van der Waals surface area contributed by atoms with Crippen molar-refractivity contribution in [1.82, 2.24) is 0 Å². The van der Waals surface area contributed by atoms with Crippen molar-refractivity contribution < 1.29 is 19.6 Å². The van der Waals surface area contributed by atoms with Gasteiger partial charge in [0, 0.05) is 27.9 Å². The highest BCUT2D eigenvalue weighted by Crippen LogP contribution is 2.39. The fraction of sp³-hybridized carbons (Fsp3) is 0.0625. The molecule has 1 heterocycles. The van der Waals surface area contributed by atoms with Crippen LogP contribution in [0, 0.1) is 10.1 Å². The number of nitro benzene ring substituents is 1. The molecule has 1 aliphatic heterocycles. The zero-order valence-electron chi connectivity index (χ0n) is 12.4. The second-order valence-corrected chi connectivity index (χ2v) is 5.49. The van der Waals surface area contributed by atoms with Crippen LogP contribution in [0.4, 0.5) is 11.4 Å². The predicted octanol–water partition coefficient (Wildman–Crippen LogP) is 3.46. The molecule has 2 aromatic rings. The zero-order chi connectivity index (χ0) is 17.4. The standard InChI is InChI=1S/C16H11ClN2O5/c1-24-14-6-8(5-13(15(14)20)19(22)23)4-11-10-7-9(17)2-3-12(10)18-16(11)21/h2-7,20H,1H3,(H,18,21). The van der Waals surface area contributed by atoms with Crippen LogP contribution in [0.2, 0.25) is 5.02 Å². The van der Waals surface area contributed by atoms with Crippen molar-refractivity contribution >= 4 is 40.5 Å². The number of phenolic OH excluding ortho intramolecular Hbond substituents is 1.